The van der Waals surface area contributed by atoms with Gasteiger partial charge in [0.25, 0.3) is 0 Å². The molecule has 2 heterocycles. The van der Waals surface area contributed by atoms with Crippen LogP contribution in [0.4, 0.5) is 17.6 Å². The number of aryl methyl sites for hydroxylation is 2. The molecule has 0 atom stereocenters. The minimum atomic E-state index is -4.66. The largest absolute Gasteiger partial charge is 0.440 e. The number of thioether (sulfide) groups is 1. The Balaban J connectivity index is 1.78. The monoisotopic (exact) mass is 637 g/mol. The highest BCUT2D eigenvalue weighted by Crippen LogP contribution is 2.42. The first-order valence-electron chi connectivity index (χ1n) is 12.2. The molecule has 0 radical (unpaired) electrons. The summed E-state index contributed by atoms with van der Waals surface area (Å²) in [5.74, 6) is -0.000445. The Morgan fingerprint density at radius 3 is 2.40 bits per heavy atom. The van der Waals surface area contributed by atoms with Gasteiger partial charge in [0.15, 0.2) is 17.3 Å². The number of oxazole rings is 1. The predicted molar refractivity (Wildman–Crippen MR) is 154 cm³/mol. The topological polar surface area (TPSA) is 73.3 Å². The Kier molecular flexibility index (Phi) is 8.41. The van der Waals surface area contributed by atoms with Gasteiger partial charge in [-0.1, -0.05) is 29.3 Å². The van der Waals surface area contributed by atoms with E-state index in [0.29, 0.717) is 48.6 Å². The Bertz CT molecular complexity index is 1800. The number of alkyl halides is 3. The summed E-state index contributed by atoms with van der Waals surface area (Å²) in [7, 11) is 0. The van der Waals surface area contributed by atoms with E-state index in [2.05, 4.69) is 14.9 Å². The Labute approximate surface area is 251 Å². The summed E-state index contributed by atoms with van der Waals surface area (Å²) in [5, 5.41) is 9.59. The van der Waals surface area contributed by atoms with Crippen LogP contribution in [0.2, 0.25) is 10.0 Å². The van der Waals surface area contributed by atoms with E-state index in [1.54, 1.807) is 55.6 Å². The van der Waals surface area contributed by atoms with Gasteiger partial charge in [0.05, 0.1) is 10.7 Å². The smallest absolute Gasteiger partial charge is 0.434 e. The van der Waals surface area contributed by atoms with Gasteiger partial charge in [-0.05, 0) is 66.8 Å². The quantitative estimate of drug-likeness (QED) is 0.0829. The zero-order valence-electron chi connectivity index (χ0n) is 22.2. The molecule has 0 saturated heterocycles. The maximum absolute atomic E-state index is 15.1. The number of hydrogen-bond acceptors (Lipinski definition) is 6. The molecule has 0 amide bonds. The molecule has 13 heteroatoms. The summed E-state index contributed by atoms with van der Waals surface area (Å²) >= 11 is 13.9. The van der Waals surface area contributed by atoms with Crippen LogP contribution in [0.3, 0.4) is 0 Å². The second-order valence-electron chi connectivity index (χ2n) is 9.22. The molecule has 5 rings (SSSR count). The van der Waals surface area contributed by atoms with E-state index >= 15 is 4.39 Å². The lowest BCUT2D eigenvalue weighted by atomic mass is 9.97. The Morgan fingerprint density at radius 2 is 1.76 bits per heavy atom. The highest BCUT2D eigenvalue weighted by molar-refractivity contribution is 7.98. The Morgan fingerprint density at radius 1 is 1.00 bits per heavy atom. The molecule has 3 aromatic carbocycles. The molecule has 2 aromatic heterocycles. The van der Waals surface area contributed by atoms with Gasteiger partial charge in [0, 0.05) is 39.7 Å². The molecule has 0 spiro atoms. The highest BCUT2D eigenvalue weighted by Gasteiger charge is 2.35. The molecular formula is C29H21Cl2F4N3O3S. The molecule has 218 valence electrons. The number of rotatable bonds is 7. The number of halogens is 6. The van der Waals surface area contributed by atoms with Crippen LogP contribution in [0.25, 0.3) is 39.4 Å². The van der Waals surface area contributed by atoms with Crippen LogP contribution in [-0.2, 0) is 17.7 Å². The number of benzene rings is 3. The van der Waals surface area contributed by atoms with Crippen molar-refractivity contribution in [2.24, 2.45) is 0 Å². The molecule has 0 unspecified atom stereocenters. The zero-order chi connectivity index (χ0) is 30.3. The van der Waals surface area contributed by atoms with E-state index in [-0.39, 0.29) is 29.6 Å². The lowest BCUT2D eigenvalue weighted by molar-refractivity contribution is -0.253. The van der Waals surface area contributed by atoms with Crippen molar-refractivity contribution in [3.05, 3.63) is 93.6 Å². The van der Waals surface area contributed by atoms with Crippen molar-refractivity contribution >= 4 is 35.0 Å². The third-order valence-electron chi connectivity index (χ3n) is 6.51. The number of nitrogens with zero attached hydrogens (tertiary/aromatic N) is 3. The fraction of sp³-hybridized carbons (Fsp3) is 0.172. The molecule has 6 nitrogen and oxygen atoms in total. The SMILES string of the molecule is CSc1cc(-c2ccc(-n3cc(C(F)(F)F)nc3C)c(-c3oc(C)nc3-c3ccc(Cl)cc3Cl)c2)cc(F)c1COO. The van der Waals surface area contributed by atoms with Crippen LogP contribution >= 0.6 is 35.0 Å². The van der Waals surface area contributed by atoms with Gasteiger partial charge < -0.3 is 8.98 Å². The maximum atomic E-state index is 15.1. The highest BCUT2D eigenvalue weighted by atomic mass is 35.5. The second-order valence-corrected chi connectivity index (χ2v) is 10.9. The van der Waals surface area contributed by atoms with Gasteiger partial charge in [-0.15, -0.1) is 11.8 Å². The third-order valence-corrected chi connectivity index (χ3v) is 7.86. The van der Waals surface area contributed by atoms with Crippen molar-refractivity contribution in [3.8, 4) is 39.4 Å². The van der Waals surface area contributed by atoms with Crippen molar-refractivity contribution in [3.63, 3.8) is 0 Å². The minimum Gasteiger partial charge on any atom is -0.440 e. The normalized spacial score (nSPS) is 11.9. The van der Waals surface area contributed by atoms with Crippen LogP contribution in [-0.4, -0.2) is 26.0 Å². The molecule has 5 aromatic rings. The van der Waals surface area contributed by atoms with Gasteiger partial charge in [-0.25, -0.2) is 19.2 Å². The molecule has 42 heavy (non-hydrogen) atoms. The molecule has 0 aliphatic carbocycles. The molecule has 0 aliphatic heterocycles. The minimum absolute atomic E-state index is 0.0858. The molecular weight excluding hydrogens is 617 g/mol. The number of imidazole rings is 1. The zero-order valence-corrected chi connectivity index (χ0v) is 24.5. The fourth-order valence-corrected chi connectivity index (χ4v) is 5.74. The summed E-state index contributed by atoms with van der Waals surface area (Å²) in [6.07, 6.45) is -2.00. The van der Waals surface area contributed by atoms with Crippen molar-refractivity contribution in [1.29, 1.82) is 0 Å². The summed E-state index contributed by atoms with van der Waals surface area (Å²) in [6, 6.07) is 12.8. The molecule has 0 fully saturated rings. The number of aromatic nitrogens is 3. The van der Waals surface area contributed by atoms with Crippen molar-refractivity contribution in [1.82, 2.24) is 14.5 Å². The predicted octanol–water partition coefficient (Wildman–Crippen LogP) is 9.65. The van der Waals surface area contributed by atoms with E-state index in [0.717, 1.165) is 6.20 Å². The Hall–Kier alpha value is -3.35. The van der Waals surface area contributed by atoms with Crippen LogP contribution in [0, 0.1) is 19.7 Å². The van der Waals surface area contributed by atoms with E-state index in [9.17, 15) is 13.2 Å². The van der Waals surface area contributed by atoms with Crippen molar-refractivity contribution < 1.29 is 32.1 Å². The van der Waals surface area contributed by atoms with Crippen molar-refractivity contribution in [2.75, 3.05) is 6.26 Å². The van der Waals surface area contributed by atoms with E-state index in [1.165, 1.54) is 29.3 Å². The van der Waals surface area contributed by atoms with Crippen molar-refractivity contribution in [2.45, 2.75) is 31.5 Å². The van der Waals surface area contributed by atoms with Crippen LogP contribution in [0.1, 0.15) is 23.0 Å². The van der Waals surface area contributed by atoms with Gasteiger partial charge in [0.1, 0.15) is 23.9 Å². The van der Waals surface area contributed by atoms with Crippen LogP contribution < -0.4 is 0 Å². The van der Waals surface area contributed by atoms with E-state index in [4.69, 9.17) is 32.9 Å². The lowest BCUT2D eigenvalue weighted by Crippen LogP contribution is -2.05. The summed E-state index contributed by atoms with van der Waals surface area (Å²) in [4.78, 5) is 12.9. The first-order chi connectivity index (χ1) is 19.9. The summed E-state index contributed by atoms with van der Waals surface area (Å²) in [6.45, 7) is 2.75. The molecule has 0 bridgehead atoms. The van der Waals surface area contributed by atoms with Gasteiger partial charge in [-0.3, -0.25) is 5.26 Å². The molecule has 0 saturated carbocycles. The van der Waals surface area contributed by atoms with Gasteiger partial charge in [-0.2, -0.15) is 13.2 Å². The van der Waals surface area contributed by atoms with Gasteiger partial charge in [0.2, 0.25) is 0 Å². The average Bonchev–Trinajstić information content (AvgIpc) is 3.52. The standard InChI is InChI=1S/C29H21Cl2F4N3O3S/c1-14-36-26(29(33,34)35)12-38(14)24-7-4-16(17-9-23(32)21(13-40-39)25(10-17)42-3)8-20(24)28-27(37-15(2)41-28)19-6-5-18(30)11-22(19)31/h4-12,39H,13H2,1-3H3. The average molecular weight is 638 g/mol. The second kappa shape index (κ2) is 11.7. The maximum Gasteiger partial charge on any atom is 0.434 e. The third kappa shape index (κ3) is 5.80. The van der Waals surface area contributed by atoms with E-state index in [1.807, 2.05) is 0 Å². The summed E-state index contributed by atoms with van der Waals surface area (Å²) in [5.41, 5.74) is 1.65. The van der Waals surface area contributed by atoms with Crippen LogP contribution in [0.5, 0.6) is 0 Å². The fourth-order valence-electron chi connectivity index (χ4n) is 4.60. The first-order valence-corrected chi connectivity index (χ1v) is 14.2. The first kappa shape index (κ1) is 30.1. The lowest BCUT2D eigenvalue weighted by Gasteiger charge is -2.15. The molecule has 0 aliphatic rings. The summed E-state index contributed by atoms with van der Waals surface area (Å²) < 4.78 is 63.2. The van der Waals surface area contributed by atoms with Gasteiger partial charge >= 0.3 is 6.18 Å². The number of hydrogen-bond donors (Lipinski definition) is 1. The molecule has 1 N–H and O–H groups in total. The van der Waals surface area contributed by atoms with Crippen LogP contribution in [0.15, 0.2) is 64.0 Å². The van der Waals surface area contributed by atoms with E-state index < -0.39 is 17.7 Å².